The van der Waals surface area contributed by atoms with Crippen LogP contribution in [0.15, 0.2) is 54.6 Å². The van der Waals surface area contributed by atoms with Crippen molar-refractivity contribution in [2.24, 2.45) is 0 Å². The number of allylic oxidation sites excluding steroid dienone is 2. The molecule has 2 unspecified atom stereocenters. The molecule has 0 fully saturated rings. The van der Waals surface area contributed by atoms with E-state index in [0.717, 1.165) is 0 Å². The molecule has 0 heterocycles. The number of benzene rings is 1. The summed E-state index contributed by atoms with van der Waals surface area (Å²) < 4.78 is 60.5. The van der Waals surface area contributed by atoms with Gasteiger partial charge in [0.25, 0.3) is 5.92 Å². The van der Waals surface area contributed by atoms with E-state index in [4.69, 9.17) is 4.74 Å². The summed E-state index contributed by atoms with van der Waals surface area (Å²) >= 11 is 0. The van der Waals surface area contributed by atoms with E-state index in [9.17, 15) is 27.8 Å². The molecule has 1 aromatic carbocycles. The lowest BCUT2D eigenvalue weighted by atomic mass is 9.90. The molecule has 29 heavy (non-hydrogen) atoms. The van der Waals surface area contributed by atoms with Gasteiger partial charge >= 0.3 is 0 Å². The van der Waals surface area contributed by atoms with Crippen LogP contribution in [0.4, 0.5) is 17.6 Å². The molecule has 0 spiro atoms. The molecule has 8 heteroatoms. The van der Waals surface area contributed by atoms with Gasteiger partial charge in [0, 0.05) is 18.4 Å². The lowest BCUT2D eigenvalue weighted by molar-refractivity contribution is -0.100. The Morgan fingerprint density at radius 2 is 1.79 bits per heavy atom. The summed E-state index contributed by atoms with van der Waals surface area (Å²) in [5.41, 5.74) is -1.68. The predicted octanol–water partition coefficient (Wildman–Crippen LogP) is 3.41. The number of hydrogen-bond donors (Lipinski definition) is 3. The minimum absolute atomic E-state index is 0.114. The molecule has 4 nitrogen and oxygen atoms in total. The highest BCUT2D eigenvalue weighted by Crippen LogP contribution is 2.29. The van der Waals surface area contributed by atoms with E-state index in [1.165, 1.54) is 30.3 Å². The van der Waals surface area contributed by atoms with Crippen molar-refractivity contribution in [3.8, 4) is 0 Å². The third kappa shape index (κ3) is 7.22. The average Bonchev–Trinajstić information content (AvgIpc) is 2.70. The van der Waals surface area contributed by atoms with Gasteiger partial charge in [-0.15, -0.1) is 0 Å². The summed E-state index contributed by atoms with van der Waals surface area (Å²) in [6, 6.07) is 6.52. The molecular weight excluding hydrogens is 390 g/mol. The molecule has 3 N–H and O–H groups in total. The molecular formula is C21H27F4NO3. The first-order valence-electron chi connectivity index (χ1n) is 9.50. The number of aliphatic hydroxyl groups is 2. The van der Waals surface area contributed by atoms with Crippen molar-refractivity contribution in [2.75, 3.05) is 26.4 Å². The van der Waals surface area contributed by atoms with Gasteiger partial charge in [0.1, 0.15) is 12.2 Å². The average molecular weight is 417 g/mol. The van der Waals surface area contributed by atoms with Crippen molar-refractivity contribution in [3.63, 3.8) is 0 Å². The Hall–Kier alpha value is -1.74. The number of rotatable bonds is 12. The van der Waals surface area contributed by atoms with E-state index in [2.05, 4.69) is 5.32 Å². The van der Waals surface area contributed by atoms with E-state index in [-0.39, 0.29) is 18.5 Å². The molecule has 0 aromatic heterocycles. The van der Waals surface area contributed by atoms with Gasteiger partial charge in [-0.25, -0.2) is 8.78 Å². The maximum Gasteiger partial charge on any atom is 0.296 e. The van der Waals surface area contributed by atoms with Crippen LogP contribution in [0.1, 0.15) is 24.8 Å². The zero-order valence-corrected chi connectivity index (χ0v) is 16.0. The molecule has 1 aliphatic rings. The fraction of sp³-hybridized carbons (Fsp3) is 0.524. The molecule has 1 aliphatic carbocycles. The van der Waals surface area contributed by atoms with E-state index in [1.807, 2.05) is 0 Å². The first-order chi connectivity index (χ1) is 13.7. The van der Waals surface area contributed by atoms with Crippen LogP contribution in [0, 0.1) is 0 Å². The highest BCUT2D eigenvalue weighted by atomic mass is 19.3. The number of halogens is 4. The molecule has 0 aliphatic heterocycles. The fourth-order valence-corrected chi connectivity index (χ4v) is 2.98. The number of nitrogens with one attached hydrogen (secondary N) is 1. The first-order valence-corrected chi connectivity index (χ1v) is 9.50. The van der Waals surface area contributed by atoms with Crippen LogP contribution >= 0.6 is 0 Å². The lowest BCUT2D eigenvalue weighted by Crippen LogP contribution is -2.52. The summed E-state index contributed by atoms with van der Waals surface area (Å²) in [5, 5.41) is 22.4. The summed E-state index contributed by atoms with van der Waals surface area (Å²) in [5.74, 6) is -6.27. The summed E-state index contributed by atoms with van der Waals surface area (Å²) in [6.07, 6.45) is 5.41. The Balaban J connectivity index is 1.66. The van der Waals surface area contributed by atoms with Crippen molar-refractivity contribution < 1.29 is 32.5 Å². The number of hydrogen-bond acceptors (Lipinski definition) is 4. The zero-order valence-electron chi connectivity index (χ0n) is 16.0. The smallest absolute Gasteiger partial charge is 0.296 e. The molecule has 1 aromatic rings. The maximum absolute atomic E-state index is 13.9. The van der Waals surface area contributed by atoms with Crippen LogP contribution in [0.2, 0.25) is 0 Å². The molecule has 162 valence electrons. The van der Waals surface area contributed by atoms with E-state index in [1.54, 1.807) is 24.3 Å². The summed E-state index contributed by atoms with van der Waals surface area (Å²) in [4.78, 5) is 0. The number of aliphatic hydroxyl groups excluding tert-OH is 1. The van der Waals surface area contributed by atoms with Crippen molar-refractivity contribution in [1.82, 2.24) is 5.32 Å². The van der Waals surface area contributed by atoms with Gasteiger partial charge in [-0.1, -0.05) is 48.6 Å². The SMILES string of the molecule is OCC1(O)C=CC=CC1NCCCC(F)(F)CCOCC(F)(F)c1ccccc1. The Morgan fingerprint density at radius 1 is 1.07 bits per heavy atom. The van der Waals surface area contributed by atoms with Gasteiger partial charge in [-0.3, -0.25) is 0 Å². The van der Waals surface area contributed by atoms with Crippen LogP contribution in [0.5, 0.6) is 0 Å². The summed E-state index contributed by atoms with van der Waals surface area (Å²) in [7, 11) is 0. The Morgan fingerprint density at radius 3 is 2.48 bits per heavy atom. The molecule has 0 amide bonds. The monoisotopic (exact) mass is 417 g/mol. The highest BCUT2D eigenvalue weighted by molar-refractivity contribution is 5.24. The van der Waals surface area contributed by atoms with Gasteiger partial charge < -0.3 is 20.3 Å². The second kappa shape index (κ2) is 10.3. The molecule has 2 rings (SSSR count). The van der Waals surface area contributed by atoms with Crippen LogP contribution in [-0.4, -0.2) is 54.1 Å². The third-order valence-electron chi connectivity index (χ3n) is 4.77. The quantitative estimate of drug-likeness (QED) is 0.360. The summed E-state index contributed by atoms with van der Waals surface area (Å²) in [6.45, 7) is -1.71. The second-order valence-electron chi connectivity index (χ2n) is 7.16. The third-order valence-corrected chi connectivity index (χ3v) is 4.77. The number of alkyl halides is 4. The molecule has 0 saturated heterocycles. The Kier molecular flexibility index (Phi) is 8.39. The number of ether oxygens (including phenoxy) is 1. The van der Waals surface area contributed by atoms with Crippen LogP contribution in [-0.2, 0) is 10.7 Å². The Labute approximate surface area is 167 Å². The predicted molar refractivity (Wildman–Crippen MR) is 102 cm³/mol. The van der Waals surface area contributed by atoms with Crippen molar-refractivity contribution in [3.05, 3.63) is 60.2 Å². The van der Waals surface area contributed by atoms with Gasteiger partial charge in [0.2, 0.25) is 5.92 Å². The largest absolute Gasteiger partial charge is 0.393 e. The van der Waals surface area contributed by atoms with Gasteiger partial charge in [0.05, 0.1) is 19.3 Å². The minimum atomic E-state index is -3.23. The normalized spacial score (nSPS) is 22.2. The molecule has 0 saturated carbocycles. The van der Waals surface area contributed by atoms with E-state index >= 15 is 0 Å². The van der Waals surface area contributed by atoms with Crippen LogP contribution in [0.3, 0.4) is 0 Å². The molecule has 0 bridgehead atoms. The van der Waals surface area contributed by atoms with Crippen molar-refractivity contribution in [1.29, 1.82) is 0 Å². The minimum Gasteiger partial charge on any atom is -0.393 e. The van der Waals surface area contributed by atoms with Crippen LogP contribution in [0.25, 0.3) is 0 Å². The fourth-order valence-electron chi connectivity index (χ4n) is 2.98. The molecule has 2 atom stereocenters. The van der Waals surface area contributed by atoms with Crippen molar-refractivity contribution in [2.45, 2.75) is 42.8 Å². The zero-order chi connectivity index (χ0) is 21.4. The first kappa shape index (κ1) is 23.5. The topological polar surface area (TPSA) is 61.7 Å². The highest BCUT2D eigenvalue weighted by Gasteiger charge is 2.34. The maximum atomic E-state index is 13.9. The second-order valence-corrected chi connectivity index (χ2v) is 7.16. The van der Waals surface area contributed by atoms with Gasteiger partial charge in [-0.2, -0.15) is 8.78 Å². The van der Waals surface area contributed by atoms with Gasteiger partial charge in [0.15, 0.2) is 0 Å². The van der Waals surface area contributed by atoms with E-state index < -0.39 is 56.2 Å². The van der Waals surface area contributed by atoms with Crippen LogP contribution < -0.4 is 5.32 Å². The van der Waals surface area contributed by atoms with E-state index in [0.29, 0.717) is 0 Å². The standard InChI is InChI=1S/C21H27F4NO3/c22-20(23,11-6-13-26-18-9-4-5-10-19(18,28)15-27)12-14-29-16-21(24,25)17-7-2-1-3-8-17/h1-5,7-10,18,26-28H,6,11-16H2. The van der Waals surface area contributed by atoms with Gasteiger partial charge in [-0.05, 0) is 19.0 Å². The molecule has 0 radical (unpaired) electrons. The Bertz CT molecular complexity index is 682. The van der Waals surface area contributed by atoms with Crippen molar-refractivity contribution >= 4 is 0 Å². The lowest BCUT2D eigenvalue weighted by Gasteiger charge is -2.32.